The second-order valence-corrected chi connectivity index (χ2v) is 5.16. The van der Waals surface area contributed by atoms with Crippen LogP contribution in [0.15, 0.2) is 24.3 Å². The van der Waals surface area contributed by atoms with Crippen LogP contribution in [0.25, 0.3) is 0 Å². The van der Waals surface area contributed by atoms with Crippen LogP contribution in [0, 0.1) is 5.92 Å². The number of hydrogen-bond donors (Lipinski definition) is 2. The van der Waals surface area contributed by atoms with Crippen molar-refractivity contribution < 1.29 is 18.0 Å². The Labute approximate surface area is 126 Å². The maximum Gasteiger partial charge on any atom is 0.416 e. The Hall–Kier alpha value is -1.83. The first-order valence-electron chi connectivity index (χ1n) is 6.10. The minimum atomic E-state index is -4.40. The van der Waals surface area contributed by atoms with Crippen molar-refractivity contribution in [2.45, 2.75) is 13.1 Å². The quantitative estimate of drug-likeness (QED) is 0.839. The van der Waals surface area contributed by atoms with Gasteiger partial charge in [-0.2, -0.15) is 13.2 Å². The predicted molar refractivity (Wildman–Crippen MR) is 79.0 cm³/mol. The number of nitrogens with one attached hydrogen (secondary N) is 1. The molecule has 0 aliphatic carbocycles. The van der Waals surface area contributed by atoms with Gasteiger partial charge in [0.15, 0.2) is 0 Å². The summed E-state index contributed by atoms with van der Waals surface area (Å²) in [6.45, 7) is 2.10. The molecule has 0 aromatic heterocycles. The number of nitrogens with zero attached hydrogens (tertiary/aromatic N) is 1. The molecule has 0 aliphatic heterocycles. The molecule has 1 aromatic carbocycles. The first-order valence-corrected chi connectivity index (χ1v) is 6.50. The van der Waals surface area contributed by atoms with Crippen LogP contribution in [0.4, 0.5) is 23.7 Å². The van der Waals surface area contributed by atoms with Crippen molar-refractivity contribution in [3.05, 3.63) is 29.8 Å². The molecule has 0 fully saturated rings. The summed E-state index contributed by atoms with van der Waals surface area (Å²) in [6.07, 6.45) is -4.40. The van der Waals surface area contributed by atoms with Crippen molar-refractivity contribution in [2.75, 3.05) is 18.9 Å². The number of carbonyl (C=O) groups excluding carboxylic acids is 1. The molecule has 0 bridgehead atoms. The van der Waals surface area contributed by atoms with Gasteiger partial charge in [0, 0.05) is 25.2 Å². The predicted octanol–water partition coefficient (Wildman–Crippen LogP) is 3.09. The number of rotatable bonds is 4. The molecule has 3 N–H and O–H groups in total. The number of benzene rings is 1. The van der Waals surface area contributed by atoms with Gasteiger partial charge >= 0.3 is 12.2 Å². The van der Waals surface area contributed by atoms with Crippen LogP contribution >= 0.6 is 12.2 Å². The van der Waals surface area contributed by atoms with Gasteiger partial charge in [-0.15, -0.1) is 0 Å². The lowest BCUT2D eigenvalue weighted by molar-refractivity contribution is -0.137. The molecule has 2 amide bonds. The average molecular weight is 319 g/mol. The fourth-order valence-corrected chi connectivity index (χ4v) is 1.62. The van der Waals surface area contributed by atoms with Crippen LogP contribution in [0.5, 0.6) is 0 Å². The highest BCUT2D eigenvalue weighted by Gasteiger charge is 2.30. The van der Waals surface area contributed by atoms with E-state index in [0.29, 0.717) is 11.5 Å². The highest BCUT2D eigenvalue weighted by molar-refractivity contribution is 7.80. The minimum Gasteiger partial charge on any atom is -0.393 e. The molecule has 0 saturated carbocycles. The maximum atomic E-state index is 12.4. The van der Waals surface area contributed by atoms with Crippen molar-refractivity contribution >= 4 is 28.9 Å². The molecule has 1 rings (SSSR count). The molecule has 0 aliphatic rings. The molecule has 0 spiro atoms. The van der Waals surface area contributed by atoms with E-state index in [4.69, 9.17) is 18.0 Å². The van der Waals surface area contributed by atoms with E-state index < -0.39 is 17.8 Å². The topological polar surface area (TPSA) is 58.4 Å². The summed E-state index contributed by atoms with van der Waals surface area (Å²) in [5.41, 5.74) is 4.97. The van der Waals surface area contributed by atoms with Gasteiger partial charge in [0.05, 0.1) is 10.6 Å². The summed E-state index contributed by atoms with van der Waals surface area (Å²) >= 11 is 4.81. The van der Waals surface area contributed by atoms with Gasteiger partial charge in [0.25, 0.3) is 0 Å². The van der Waals surface area contributed by atoms with Gasteiger partial charge in [-0.1, -0.05) is 19.1 Å². The average Bonchev–Trinajstić information content (AvgIpc) is 2.37. The molecule has 0 radical (unpaired) electrons. The number of thiocarbonyl (C=S) groups is 1. The number of carbonyl (C=O) groups is 1. The van der Waals surface area contributed by atoms with E-state index >= 15 is 0 Å². The summed E-state index contributed by atoms with van der Waals surface area (Å²) in [5, 5.41) is 2.50. The molecular formula is C13H16F3N3OS. The Balaban J connectivity index is 2.64. The second kappa shape index (κ2) is 6.75. The Morgan fingerprint density at radius 2 is 1.90 bits per heavy atom. The van der Waals surface area contributed by atoms with Gasteiger partial charge in [0.2, 0.25) is 0 Å². The fraction of sp³-hybridized carbons (Fsp3) is 0.385. The molecule has 1 aromatic rings. The van der Waals surface area contributed by atoms with Gasteiger partial charge in [-0.05, 0) is 24.3 Å². The SMILES string of the molecule is CC(CN(C)C(=O)Nc1ccc(C(F)(F)F)cc1)C(N)=S. The second-order valence-electron chi connectivity index (χ2n) is 4.69. The summed E-state index contributed by atoms with van der Waals surface area (Å²) in [7, 11) is 1.55. The van der Waals surface area contributed by atoms with Crippen LogP contribution in [0.2, 0.25) is 0 Å². The molecular weight excluding hydrogens is 303 g/mol. The lowest BCUT2D eigenvalue weighted by Crippen LogP contribution is -2.37. The lowest BCUT2D eigenvalue weighted by Gasteiger charge is -2.21. The van der Waals surface area contributed by atoms with Crippen molar-refractivity contribution in [3.63, 3.8) is 0 Å². The van der Waals surface area contributed by atoms with Crippen molar-refractivity contribution in [3.8, 4) is 0 Å². The zero-order valence-electron chi connectivity index (χ0n) is 11.6. The maximum absolute atomic E-state index is 12.4. The molecule has 116 valence electrons. The van der Waals surface area contributed by atoms with E-state index in [1.54, 1.807) is 14.0 Å². The Bertz CT molecular complexity index is 516. The molecule has 0 heterocycles. The molecule has 4 nitrogen and oxygen atoms in total. The van der Waals surface area contributed by atoms with Crippen LogP contribution in [-0.4, -0.2) is 29.5 Å². The summed E-state index contributed by atoms with van der Waals surface area (Å²) in [6, 6.07) is 3.77. The Kier molecular flexibility index (Phi) is 5.54. The number of hydrogen-bond acceptors (Lipinski definition) is 2. The van der Waals surface area contributed by atoms with E-state index in [0.717, 1.165) is 12.1 Å². The van der Waals surface area contributed by atoms with E-state index in [2.05, 4.69) is 5.32 Å². The normalized spacial score (nSPS) is 12.6. The number of amides is 2. The molecule has 21 heavy (non-hydrogen) atoms. The summed E-state index contributed by atoms with van der Waals surface area (Å²) in [5.74, 6) is -0.150. The highest BCUT2D eigenvalue weighted by Crippen LogP contribution is 2.29. The standard InChI is InChI=1S/C13H16F3N3OS/c1-8(11(17)21)7-19(2)12(20)18-10-5-3-9(4-6-10)13(14,15)16/h3-6,8H,7H2,1-2H3,(H2,17,21)(H,18,20). The first kappa shape index (κ1) is 17.2. The van der Waals surface area contributed by atoms with E-state index in [1.807, 2.05) is 0 Å². The zero-order valence-corrected chi connectivity index (χ0v) is 12.4. The van der Waals surface area contributed by atoms with Crippen LogP contribution in [0.1, 0.15) is 12.5 Å². The van der Waals surface area contributed by atoms with Gasteiger partial charge in [-0.25, -0.2) is 4.79 Å². The van der Waals surface area contributed by atoms with Crippen LogP contribution < -0.4 is 11.1 Å². The zero-order chi connectivity index (χ0) is 16.2. The summed E-state index contributed by atoms with van der Waals surface area (Å²) in [4.78, 5) is 13.5. The van der Waals surface area contributed by atoms with Crippen LogP contribution in [0.3, 0.4) is 0 Å². The smallest absolute Gasteiger partial charge is 0.393 e. The number of nitrogens with two attached hydrogens (primary N) is 1. The van der Waals surface area contributed by atoms with Crippen molar-refractivity contribution in [2.24, 2.45) is 11.7 Å². The Morgan fingerprint density at radius 1 is 1.38 bits per heavy atom. The van der Waals surface area contributed by atoms with Crippen molar-refractivity contribution in [1.82, 2.24) is 4.90 Å². The Morgan fingerprint density at radius 3 is 2.33 bits per heavy atom. The molecule has 1 unspecified atom stereocenters. The van der Waals surface area contributed by atoms with Crippen molar-refractivity contribution in [1.29, 1.82) is 0 Å². The third-order valence-electron chi connectivity index (χ3n) is 2.84. The summed E-state index contributed by atoms with van der Waals surface area (Å²) < 4.78 is 37.2. The monoisotopic (exact) mass is 319 g/mol. The van der Waals surface area contributed by atoms with E-state index in [1.165, 1.54) is 17.0 Å². The van der Waals surface area contributed by atoms with E-state index in [9.17, 15) is 18.0 Å². The van der Waals surface area contributed by atoms with Gasteiger partial charge in [0.1, 0.15) is 0 Å². The number of anilines is 1. The van der Waals surface area contributed by atoms with Gasteiger partial charge in [-0.3, -0.25) is 0 Å². The molecule has 0 saturated heterocycles. The number of halogens is 3. The van der Waals surface area contributed by atoms with E-state index in [-0.39, 0.29) is 11.6 Å². The van der Waals surface area contributed by atoms with Crippen LogP contribution in [-0.2, 0) is 6.18 Å². The highest BCUT2D eigenvalue weighted by atomic mass is 32.1. The minimum absolute atomic E-state index is 0.150. The van der Waals surface area contributed by atoms with Gasteiger partial charge < -0.3 is 16.0 Å². The lowest BCUT2D eigenvalue weighted by atomic mass is 10.2. The largest absolute Gasteiger partial charge is 0.416 e. The first-order chi connectivity index (χ1) is 9.61. The molecule has 8 heteroatoms. The number of urea groups is 1. The number of alkyl halides is 3. The fourth-order valence-electron chi connectivity index (χ4n) is 1.55. The molecule has 1 atom stereocenters. The third-order valence-corrected chi connectivity index (χ3v) is 3.25. The third kappa shape index (κ3) is 5.22.